The number of anilines is 1. The third kappa shape index (κ3) is 6.57. The number of piperazine rings is 1. The van der Waals surface area contributed by atoms with Gasteiger partial charge in [-0.3, -0.25) is 4.79 Å². The van der Waals surface area contributed by atoms with Crippen LogP contribution in [0.3, 0.4) is 0 Å². The van der Waals surface area contributed by atoms with Crippen molar-refractivity contribution in [1.82, 2.24) is 5.32 Å². The van der Waals surface area contributed by atoms with Crippen LogP contribution in [-0.4, -0.2) is 38.3 Å². The van der Waals surface area contributed by atoms with Gasteiger partial charge in [0, 0.05) is 26.2 Å². The molecule has 0 radical (unpaired) electrons. The summed E-state index contributed by atoms with van der Waals surface area (Å²) in [7, 11) is 0. The maximum absolute atomic E-state index is 12.7. The molecule has 1 fully saturated rings. The van der Waals surface area contributed by atoms with Crippen molar-refractivity contribution in [2.24, 2.45) is 0 Å². The van der Waals surface area contributed by atoms with Crippen LogP contribution in [0.25, 0.3) is 0 Å². The predicted octanol–water partition coefficient (Wildman–Crippen LogP) is 3.73. The van der Waals surface area contributed by atoms with E-state index in [0.717, 1.165) is 19.2 Å². The Labute approximate surface area is 144 Å². The summed E-state index contributed by atoms with van der Waals surface area (Å²) in [6.45, 7) is 8.77. The fraction of sp³-hybridized carbons (Fsp3) is 0.562. The number of rotatable bonds is 2. The lowest BCUT2D eigenvalue weighted by Crippen LogP contribution is -2.43. The lowest BCUT2D eigenvalue weighted by Gasteiger charge is -2.30. The molecule has 1 aromatic rings. The Morgan fingerprint density at radius 1 is 1.21 bits per heavy atom. The summed E-state index contributed by atoms with van der Waals surface area (Å²) in [6, 6.07) is 4.03. The smallest absolute Gasteiger partial charge is 0.417 e. The first-order valence-corrected chi connectivity index (χ1v) is 7.87. The molecule has 0 atom stereocenters. The van der Waals surface area contributed by atoms with E-state index < -0.39 is 11.7 Å². The Balaban J connectivity index is 0.000000351. The molecule has 0 saturated carbocycles. The first-order chi connectivity index (χ1) is 11.1. The van der Waals surface area contributed by atoms with Gasteiger partial charge < -0.3 is 15.0 Å². The van der Waals surface area contributed by atoms with Crippen LogP contribution >= 0.6 is 11.6 Å². The largest absolute Gasteiger partial charge is 0.462 e. The Morgan fingerprint density at radius 3 is 2.21 bits per heavy atom. The van der Waals surface area contributed by atoms with Gasteiger partial charge >= 0.3 is 6.18 Å². The van der Waals surface area contributed by atoms with E-state index in [9.17, 15) is 18.0 Å². The number of nitrogens with zero attached hydrogens (tertiary/aromatic N) is 1. The van der Waals surface area contributed by atoms with E-state index in [1.165, 1.54) is 6.07 Å². The number of alkyl halides is 3. The van der Waals surface area contributed by atoms with Crippen molar-refractivity contribution >= 4 is 23.8 Å². The molecule has 0 aliphatic carbocycles. The van der Waals surface area contributed by atoms with Gasteiger partial charge in [0.1, 0.15) is 5.60 Å². The van der Waals surface area contributed by atoms with Crippen LogP contribution in [0, 0.1) is 0 Å². The molecule has 1 aromatic carbocycles. The van der Waals surface area contributed by atoms with Crippen molar-refractivity contribution in [3.05, 3.63) is 28.8 Å². The molecular formula is C16H22ClF3N2O2. The lowest BCUT2D eigenvalue weighted by molar-refractivity contribution is -0.139. The highest BCUT2D eigenvalue weighted by Crippen LogP contribution is 2.39. The summed E-state index contributed by atoms with van der Waals surface area (Å²) in [5.74, 6) is 0. The van der Waals surface area contributed by atoms with Crippen LogP contribution in [0.2, 0.25) is 5.02 Å². The van der Waals surface area contributed by atoms with Crippen LogP contribution < -0.4 is 10.2 Å². The van der Waals surface area contributed by atoms with Gasteiger partial charge in [0.15, 0.2) is 0 Å². The molecule has 0 aromatic heterocycles. The average Bonchev–Trinajstić information content (AvgIpc) is 2.46. The van der Waals surface area contributed by atoms with Gasteiger partial charge in [0.25, 0.3) is 6.47 Å². The molecule has 136 valence electrons. The van der Waals surface area contributed by atoms with Gasteiger partial charge in [0.2, 0.25) is 0 Å². The Bertz CT molecular complexity index is 539. The minimum absolute atomic E-state index is 0.207. The summed E-state index contributed by atoms with van der Waals surface area (Å²) in [6.07, 6.45) is -4.40. The second-order valence-corrected chi connectivity index (χ2v) is 6.58. The van der Waals surface area contributed by atoms with E-state index in [4.69, 9.17) is 11.6 Å². The molecule has 1 aliphatic rings. The Hall–Kier alpha value is -1.47. The number of ether oxygens (including phenoxy) is 1. The summed E-state index contributed by atoms with van der Waals surface area (Å²) in [4.78, 5) is 11.5. The van der Waals surface area contributed by atoms with Crippen molar-refractivity contribution in [1.29, 1.82) is 0 Å². The lowest BCUT2D eigenvalue weighted by atomic mass is 10.1. The molecule has 4 nitrogen and oxygen atoms in total. The number of nitrogens with one attached hydrogen (secondary N) is 1. The van der Waals surface area contributed by atoms with Crippen molar-refractivity contribution in [2.75, 3.05) is 31.1 Å². The fourth-order valence-corrected chi connectivity index (χ4v) is 2.39. The number of carbonyl (C=O) groups is 1. The monoisotopic (exact) mass is 366 g/mol. The van der Waals surface area contributed by atoms with E-state index in [-0.39, 0.29) is 10.6 Å². The summed E-state index contributed by atoms with van der Waals surface area (Å²) in [5, 5.41) is 2.94. The second kappa shape index (κ2) is 8.58. The second-order valence-electron chi connectivity index (χ2n) is 6.20. The summed E-state index contributed by atoms with van der Waals surface area (Å²) in [5.41, 5.74) is -0.625. The van der Waals surface area contributed by atoms with E-state index in [2.05, 4.69) is 10.1 Å². The van der Waals surface area contributed by atoms with Crippen molar-refractivity contribution < 1.29 is 22.7 Å². The van der Waals surface area contributed by atoms with Crippen molar-refractivity contribution in [3.63, 3.8) is 0 Å². The van der Waals surface area contributed by atoms with E-state index in [1.807, 2.05) is 25.7 Å². The van der Waals surface area contributed by atoms with E-state index in [0.29, 0.717) is 25.2 Å². The quantitative estimate of drug-likeness (QED) is 0.810. The van der Waals surface area contributed by atoms with Crippen LogP contribution in [0.4, 0.5) is 18.9 Å². The van der Waals surface area contributed by atoms with Gasteiger partial charge in [-0.05, 0) is 32.9 Å². The molecule has 1 saturated heterocycles. The average molecular weight is 367 g/mol. The van der Waals surface area contributed by atoms with Crippen LogP contribution in [0.15, 0.2) is 18.2 Å². The van der Waals surface area contributed by atoms with Crippen molar-refractivity contribution in [2.45, 2.75) is 32.5 Å². The van der Waals surface area contributed by atoms with Gasteiger partial charge in [-0.15, -0.1) is 0 Å². The predicted molar refractivity (Wildman–Crippen MR) is 88.4 cm³/mol. The maximum atomic E-state index is 12.7. The van der Waals surface area contributed by atoms with E-state index in [1.54, 1.807) is 6.07 Å². The first kappa shape index (κ1) is 20.6. The number of halogens is 4. The van der Waals surface area contributed by atoms with Crippen LogP contribution in [-0.2, 0) is 15.7 Å². The zero-order chi connectivity index (χ0) is 18.4. The van der Waals surface area contributed by atoms with Crippen LogP contribution in [0.5, 0.6) is 0 Å². The number of carbonyl (C=O) groups excluding carboxylic acids is 1. The molecule has 0 amide bonds. The molecule has 24 heavy (non-hydrogen) atoms. The third-order valence-corrected chi connectivity index (χ3v) is 3.54. The molecule has 1 heterocycles. The molecule has 1 aliphatic heterocycles. The fourth-order valence-electron chi connectivity index (χ4n) is 2.03. The molecular weight excluding hydrogens is 345 g/mol. The molecule has 2 rings (SSSR count). The minimum atomic E-state index is -4.40. The Morgan fingerprint density at radius 2 is 1.79 bits per heavy atom. The summed E-state index contributed by atoms with van der Waals surface area (Å²) < 4.78 is 42.6. The molecule has 8 heteroatoms. The normalized spacial score (nSPS) is 15.4. The van der Waals surface area contributed by atoms with Gasteiger partial charge in [-0.1, -0.05) is 17.7 Å². The molecule has 0 bridgehead atoms. The van der Waals surface area contributed by atoms with Gasteiger partial charge in [-0.25, -0.2) is 0 Å². The highest BCUT2D eigenvalue weighted by molar-refractivity contribution is 6.34. The maximum Gasteiger partial charge on any atom is 0.417 e. The highest BCUT2D eigenvalue weighted by atomic mass is 35.5. The zero-order valence-corrected chi connectivity index (χ0v) is 14.7. The minimum Gasteiger partial charge on any atom is -0.462 e. The molecule has 1 N–H and O–H groups in total. The SMILES string of the molecule is CC(C)(C)OC=O.FC(F)(F)c1cccc(N2CCNCC2)c1Cl. The summed E-state index contributed by atoms with van der Waals surface area (Å²) >= 11 is 5.84. The number of hydrogen-bond donors (Lipinski definition) is 1. The zero-order valence-electron chi connectivity index (χ0n) is 13.9. The van der Waals surface area contributed by atoms with Gasteiger partial charge in [-0.2, -0.15) is 13.2 Å². The highest BCUT2D eigenvalue weighted by Gasteiger charge is 2.34. The first-order valence-electron chi connectivity index (χ1n) is 7.49. The topological polar surface area (TPSA) is 41.6 Å². The van der Waals surface area contributed by atoms with Crippen LogP contribution in [0.1, 0.15) is 26.3 Å². The third-order valence-electron chi connectivity index (χ3n) is 3.14. The molecule has 0 spiro atoms. The van der Waals surface area contributed by atoms with Gasteiger partial charge in [0.05, 0.1) is 16.3 Å². The number of hydrogen-bond acceptors (Lipinski definition) is 4. The number of benzene rings is 1. The van der Waals surface area contributed by atoms with Crippen molar-refractivity contribution in [3.8, 4) is 0 Å². The standard InChI is InChI=1S/C11H12ClF3N2.C5H10O2/c12-10-8(11(13,14)15)2-1-3-9(10)17-6-4-16-5-7-17;1-5(2,3)7-4-6/h1-3,16H,4-7H2;4H,1-3H3. The van der Waals surface area contributed by atoms with E-state index >= 15 is 0 Å². The molecule has 0 unspecified atom stereocenters. The Kier molecular flexibility index (Phi) is 7.35.